The zero-order valence-corrected chi connectivity index (χ0v) is 10.1. The van der Waals surface area contributed by atoms with Gasteiger partial charge in [0, 0.05) is 0 Å². The molecule has 0 amide bonds. The van der Waals surface area contributed by atoms with Crippen LogP contribution in [0.1, 0.15) is 13.3 Å². The second kappa shape index (κ2) is 7.39. The van der Waals surface area contributed by atoms with Gasteiger partial charge in [0.1, 0.15) is 24.5 Å². The molecule has 7 heteroatoms. The van der Waals surface area contributed by atoms with Crippen LogP contribution in [-0.2, 0) is 4.74 Å². The molecule has 98 valence electrons. The molecular formula is C9H21ClN2O4. The molecule has 0 aromatic heterocycles. The fourth-order valence-corrected chi connectivity index (χ4v) is 1.69. The molecule has 6 N–H and O–H groups in total. The quantitative estimate of drug-likeness (QED) is 0.405. The van der Waals surface area contributed by atoms with E-state index in [1.54, 1.807) is 0 Å². The lowest BCUT2D eigenvalue weighted by Crippen LogP contribution is -2.65. The molecule has 0 spiro atoms. The summed E-state index contributed by atoms with van der Waals surface area (Å²) >= 11 is 0. The van der Waals surface area contributed by atoms with Crippen molar-refractivity contribution in [2.75, 3.05) is 13.2 Å². The van der Waals surface area contributed by atoms with Crippen molar-refractivity contribution in [1.29, 1.82) is 0 Å². The van der Waals surface area contributed by atoms with Gasteiger partial charge in [-0.1, -0.05) is 6.92 Å². The van der Waals surface area contributed by atoms with Gasteiger partial charge in [-0.05, 0) is 13.0 Å². The van der Waals surface area contributed by atoms with Gasteiger partial charge in [-0.2, -0.15) is 0 Å². The molecule has 0 aliphatic carbocycles. The molecule has 0 saturated carbocycles. The van der Waals surface area contributed by atoms with Crippen molar-refractivity contribution in [2.45, 2.75) is 43.9 Å². The predicted octanol–water partition coefficient (Wildman–Crippen LogP) is -1.83. The Bertz CT molecular complexity index is 198. The summed E-state index contributed by atoms with van der Waals surface area (Å²) < 4.78 is 5.18. The number of rotatable bonds is 4. The number of hydrogen-bond acceptors (Lipinski definition) is 6. The third-order valence-electron chi connectivity index (χ3n) is 2.59. The number of nitrogens with one attached hydrogen (secondary N) is 1. The minimum absolute atomic E-state index is 0. The average molecular weight is 257 g/mol. The van der Waals surface area contributed by atoms with E-state index in [2.05, 4.69) is 5.32 Å². The molecule has 1 heterocycles. The number of nitrogens with two attached hydrogens (primary N) is 1. The fourth-order valence-electron chi connectivity index (χ4n) is 1.69. The van der Waals surface area contributed by atoms with Crippen molar-refractivity contribution in [3.63, 3.8) is 0 Å². The van der Waals surface area contributed by atoms with Crippen LogP contribution in [0.15, 0.2) is 0 Å². The normalized spacial score (nSPS) is 39.2. The summed E-state index contributed by atoms with van der Waals surface area (Å²) in [6.45, 7) is 2.32. The van der Waals surface area contributed by atoms with Gasteiger partial charge in [-0.15, -0.1) is 12.4 Å². The second-order valence-electron chi connectivity index (χ2n) is 3.78. The first-order chi connectivity index (χ1) is 7.11. The summed E-state index contributed by atoms with van der Waals surface area (Å²) in [6.07, 6.45) is -2.75. The number of hydrogen-bond donors (Lipinski definition) is 5. The third-order valence-corrected chi connectivity index (χ3v) is 2.59. The Hall–Kier alpha value is 0.0500. The molecule has 0 bridgehead atoms. The van der Waals surface area contributed by atoms with Crippen molar-refractivity contribution in [3.8, 4) is 0 Å². The van der Waals surface area contributed by atoms with E-state index < -0.39 is 30.6 Å². The first-order valence-corrected chi connectivity index (χ1v) is 5.23. The molecule has 1 rings (SSSR count). The van der Waals surface area contributed by atoms with Gasteiger partial charge in [0.25, 0.3) is 0 Å². The third kappa shape index (κ3) is 3.53. The highest BCUT2D eigenvalue weighted by Crippen LogP contribution is 2.18. The predicted molar refractivity (Wildman–Crippen MR) is 61.3 cm³/mol. The van der Waals surface area contributed by atoms with E-state index in [0.717, 1.165) is 6.42 Å². The highest BCUT2D eigenvalue weighted by atomic mass is 35.5. The maximum absolute atomic E-state index is 9.75. The smallest absolute Gasteiger partial charge is 0.124 e. The van der Waals surface area contributed by atoms with E-state index in [9.17, 15) is 10.2 Å². The van der Waals surface area contributed by atoms with Crippen LogP contribution in [0.5, 0.6) is 0 Å². The topological polar surface area (TPSA) is 108 Å². The van der Waals surface area contributed by atoms with Gasteiger partial charge in [-0.3, -0.25) is 0 Å². The molecule has 0 aromatic rings. The summed E-state index contributed by atoms with van der Waals surface area (Å²) in [4.78, 5) is 0. The monoisotopic (exact) mass is 256 g/mol. The summed E-state index contributed by atoms with van der Waals surface area (Å²) in [7, 11) is 0. The zero-order valence-electron chi connectivity index (χ0n) is 9.24. The maximum atomic E-state index is 9.75. The van der Waals surface area contributed by atoms with Gasteiger partial charge in [0.2, 0.25) is 0 Å². The van der Waals surface area contributed by atoms with Crippen LogP contribution >= 0.6 is 12.4 Å². The summed E-state index contributed by atoms with van der Waals surface area (Å²) in [5.74, 6) is 0. The van der Waals surface area contributed by atoms with Crippen molar-refractivity contribution in [1.82, 2.24) is 5.32 Å². The number of aliphatic hydroxyl groups is 3. The first kappa shape index (κ1) is 16.1. The Morgan fingerprint density at radius 2 is 1.94 bits per heavy atom. The molecule has 5 atom stereocenters. The lowest BCUT2D eigenvalue weighted by Gasteiger charge is -2.41. The molecule has 1 aliphatic rings. The Morgan fingerprint density at radius 1 is 1.31 bits per heavy atom. The van der Waals surface area contributed by atoms with Gasteiger partial charge in [0.15, 0.2) is 0 Å². The van der Waals surface area contributed by atoms with Gasteiger partial charge < -0.3 is 31.1 Å². The van der Waals surface area contributed by atoms with Crippen molar-refractivity contribution < 1.29 is 20.1 Å². The van der Waals surface area contributed by atoms with Crippen LogP contribution in [0.2, 0.25) is 0 Å². The van der Waals surface area contributed by atoms with Gasteiger partial charge >= 0.3 is 0 Å². The standard InChI is InChI=1S/C9H20N2O4.ClH/c1-2-3-11-6-8(14)7(13)5(4-12)15-9(6)10;/h5-9,11-14H,2-4,10H2,1H3;1H/t5-,6-,7-,8-,9?;/m1./s1. The van der Waals surface area contributed by atoms with Crippen LogP contribution in [0.3, 0.4) is 0 Å². The Labute approximate surface area is 101 Å². The highest BCUT2D eigenvalue weighted by molar-refractivity contribution is 5.85. The Kier molecular flexibility index (Phi) is 7.41. The van der Waals surface area contributed by atoms with Crippen molar-refractivity contribution in [3.05, 3.63) is 0 Å². The SMILES string of the molecule is CCCN[C@H]1C(N)O[C@H](CO)[C@@H](O)[C@@H]1O.Cl. The van der Waals surface area contributed by atoms with E-state index in [-0.39, 0.29) is 19.0 Å². The Balaban J connectivity index is 0.00000225. The summed E-state index contributed by atoms with van der Waals surface area (Å²) in [5, 5.41) is 31.2. The van der Waals surface area contributed by atoms with E-state index in [0.29, 0.717) is 6.54 Å². The van der Waals surface area contributed by atoms with E-state index >= 15 is 0 Å². The summed E-state index contributed by atoms with van der Waals surface area (Å²) in [6, 6.07) is -0.497. The van der Waals surface area contributed by atoms with E-state index in [1.165, 1.54) is 0 Å². The Morgan fingerprint density at radius 3 is 2.44 bits per heavy atom. The van der Waals surface area contributed by atoms with Crippen LogP contribution in [0.4, 0.5) is 0 Å². The van der Waals surface area contributed by atoms with Crippen molar-refractivity contribution in [2.24, 2.45) is 5.73 Å². The van der Waals surface area contributed by atoms with E-state index in [1.807, 2.05) is 6.92 Å². The maximum Gasteiger partial charge on any atom is 0.124 e. The molecule has 6 nitrogen and oxygen atoms in total. The fraction of sp³-hybridized carbons (Fsp3) is 1.00. The second-order valence-corrected chi connectivity index (χ2v) is 3.78. The lowest BCUT2D eigenvalue weighted by atomic mass is 9.96. The minimum Gasteiger partial charge on any atom is -0.394 e. The molecular weight excluding hydrogens is 236 g/mol. The highest BCUT2D eigenvalue weighted by Gasteiger charge is 2.42. The van der Waals surface area contributed by atoms with E-state index in [4.69, 9.17) is 15.6 Å². The molecule has 0 radical (unpaired) electrons. The first-order valence-electron chi connectivity index (χ1n) is 5.23. The molecule has 1 saturated heterocycles. The van der Waals surface area contributed by atoms with Crippen LogP contribution in [0.25, 0.3) is 0 Å². The largest absolute Gasteiger partial charge is 0.394 e. The van der Waals surface area contributed by atoms with Crippen LogP contribution in [-0.4, -0.2) is 59.1 Å². The zero-order chi connectivity index (χ0) is 11.4. The van der Waals surface area contributed by atoms with Crippen molar-refractivity contribution >= 4 is 12.4 Å². The average Bonchev–Trinajstić information content (AvgIpc) is 2.23. The summed E-state index contributed by atoms with van der Waals surface area (Å²) in [5.41, 5.74) is 5.67. The van der Waals surface area contributed by atoms with Gasteiger partial charge in [0.05, 0.1) is 12.6 Å². The van der Waals surface area contributed by atoms with Crippen LogP contribution in [0, 0.1) is 0 Å². The molecule has 0 aromatic carbocycles. The minimum atomic E-state index is -1.11. The molecule has 16 heavy (non-hydrogen) atoms. The molecule has 1 unspecified atom stereocenters. The van der Waals surface area contributed by atoms with Crippen LogP contribution < -0.4 is 11.1 Å². The van der Waals surface area contributed by atoms with Gasteiger partial charge in [-0.25, -0.2) is 0 Å². The molecule has 1 fully saturated rings. The molecule has 1 aliphatic heterocycles. The number of ether oxygens (including phenoxy) is 1. The lowest BCUT2D eigenvalue weighted by molar-refractivity contribution is -0.192. The number of halogens is 1. The number of aliphatic hydroxyl groups excluding tert-OH is 3.